The van der Waals surface area contributed by atoms with E-state index in [0.29, 0.717) is 0 Å². The van der Waals surface area contributed by atoms with Crippen LogP contribution in [0.5, 0.6) is 6.01 Å². The summed E-state index contributed by atoms with van der Waals surface area (Å²) in [5, 5.41) is 4.62. The predicted molar refractivity (Wildman–Crippen MR) is 85.0 cm³/mol. The van der Waals surface area contributed by atoms with E-state index >= 15 is 0 Å². The lowest BCUT2D eigenvalue weighted by Crippen LogP contribution is -2.21. The molecule has 2 rings (SSSR count). The molecular formula is C15H13F6N5O2. The molecule has 1 amide bonds. The minimum atomic E-state index is -4.67. The van der Waals surface area contributed by atoms with E-state index in [0.717, 1.165) is 18.2 Å². The van der Waals surface area contributed by atoms with Crippen LogP contribution in [0.15, 0.2) is 24.3 Å². The summed E-state index contributed by atoms with van der Waals surface area (Å²) in [6.07, 6.45) is -9.24. The summed E-state index contributed by atoms with van der Waals surface area (Å²) in [5.41, 5.74) is -1.05. The first-order valence-electron chi connectivity index (χ1n) is 7.66. The molecule has 2 aromatic rings. The number of rotatable bonds is 6. The largest absolute Gasteiger partial charge is 0.454 e. The number of benzene rings is 1. The molecule has 1 aromatic heterocycles. The molecule has 0 unspecified atom stereocenters. The quantitative estimate of drug-likeness (QED) is 0.703. The Morgan fingerprint density at radius 3 is 2.36 bits per heavy atom. The minimum Gasteiger partial charge on any atom is -0.454 e. The van der Waals surface area contributed by atoms with Gasteiger partial charge in [-0.1, -0.05) is 13.0 Å². The predicted octanol–water partition coefficient (Wildman–Crippen LogP) is 3.92. The van der Waals surface area contributed by atoms with Crippen LogP contribution in [-0.2, 0) is 11.0 Å². The van der Waals surface area contributed by atoms with Crippen molar-refractivity contribution < 1.29 is 35.9 Å². The summed E-state index contributed by atoms with van der Waals surface area (Å²) >= 11 is 0. The van der Waals surface area contributed by atoms with Crippen LogP contribution in [0.1, 0.15) is 18.9 Å². The maximum atomic E-state index is 12.8. The Morgan fingerprint density at radius 2 is 1.75 bits per heavy atom. The average Bonchev–Trinajstić information content (AvgIpc) is 2.58. The van der Waals surface area contributed by atoms with Gasteiger partial charge in [-0.2, -0.15) is 41.3 Å². The first kappa shape index (κ1) is 21.2. The van der Waals surface area contributed by atoms with Crippen LogP contribution in [0.25, 0.3) is 0 Å². The molecule has 0 saturated heterocycles. The maximum absolute atomic E-state index is 12.8. The number of ether oxygens (including phenoxy) is 1. The van der Waals surface area contributed by atoms with E-state index in [-0.39, 0.29) is 12.1 Å². The van der Waals surface area contributed by atoms with Gasteiger partial charge in [0.15, 0.2) is 6.61 Å². The first-order chi connectivity index (χ1) is 13.0. The van der Waals surface area contributed by atoms with Gasteiger partial charge < -0.3 is 10.1 Å². The van der Waals surface area contributed by atoms with Crippen molar-refractivity contribution in [2.75, 3.05) is 17.2 Å². The van der Waals surface area contributed by atoms with Gasteiger partial charge in [-0.3, -0.25) is 10.1 Å². The van der Waals surface area contributed by atoms with E-state index in [1.807, 2.05) is 0 Å². The molecule has 0 fully saturated rings. The lowest BCUT2D eigenvalue weighted by molar-refractivity contribution is -0.154. The lowest BCUT2D eigenvalue weighted by Gasteiger charge is -2.12. The molecule has 0 bridgehead atoms. The summed E-state index contributed by atoms with van der Waals surface area (Å²) < 4.78 is 79.7. The van der Waals surface area contributed by atoms with Crippen LogP contribution in [0.4, 0.5) is 43.9 Å². The van der Waals surface area contributed by atoms with Gasteiger partial charge in [-0.15, -0.1) is 0 Å². The highest BCUT2D eigenvalue weighted by Crippen LogP contribution is 2.31. The van der Waals surface area contributed by atoms with Crippen LogP contribution in [0.3, 0.4) is 0 Å². The van der Waals surface area contributed by atoms with Gasteiger partial charge in [0.05, 0.1) is 5.56 Å². The highest BCUT2D eigenvalue weighted by molar-refractivity contribution is 5.88. The zero-order valence-electron chi connectivity index (χ0n) is 14.1. The number of alkyl halides is 6. The number of nitrogens with one attached hydrogen (secondary N) is 2. The van der Waals surface area contributed by atoms with E-state index in [1.165, 1.54) is 13.0 Å². The van der Waals surface area contributed by atoms with Gasteiger partial charge in [0.1, 0.15) is 0 Å². The van der Waals surface area contributed by atoms with Gasteiger partial charge >= 0.3 is 18.4 Å². The Labute approximate surface area is 154 Å². The molecule has 0 saturated carbocycles. The number of anilines is 3. The number of carbonyl (C=O) groups is 1. The topological polar surface area (TPSA) is 89.0 Å². The minimum absolute atomic E-state index is 0.0286. The van der Waals surface area contributed by atoms with E-state index in [1.54, 1.807) is 0 Å². The van der Waals surface area contributed by atoms with Crippen LogP contribution in [0.2, 0.25) is 0 Å². The standard InChI is InChI=1S/C15H13F6N5O2/c1-2-10(27)23-12-24-11(25-13(26-12)28-7-14(16,17)18)22-9-5-3-4-8(6-9)15(19,20)21/h3-6H,2,7H2,1H3,(H2,22,23,24,25,26,27). The van der Waals surface area contributed by atoms with Gasteiger partial charge in [-0.05, 0) is 18.2 Å². The average molecular weight is 409 g/mol. The molecule has 0 atom stereocenters. The third kappa shape index (κ3) is 6.55. The molecule has 152 valence electrons. The zero-order chi connectivity index (χ0) is 20.9. The molecule has 1 aromatic carbocycles. The Bertz CT molecular complexity index is 840. The van der Waals surface area contributed by atoms with E-state index < -0.39 is 48.3 Å². The molecular weight excluding hydrogens is 396 g/mol. The van der Waals surface area contributed by atoms with Crippen molar-refractivity contribution >= 4 is 23.5 Å². The summed E-state index contributed by atoms with van der Waals surface area (Å²) in [6.45, 7) is -0.194. The fourth-order valence-corrected chi connectivity index (χ4v) is 1.79. The summed E-state index contributed by atoms with van der Waals surface area (Å²) in [5.74, 6) is -1.38. The van der Waals surface area contributed by atoms with Crippen molar-refractivity contribution in [3.05, 3.63) is 29.8 Å². The number of hydrogen-bond donors (Lipinski definition) is 2. The fourth-order valence-electron chi connectivity index (χ4n) is 1.79. The Kier molecular flexibility index (Phi) is 6.26. The zero-order valence-corrected chi connectivity index (χ0v) is 14.1. The summed E-state index contributed by atoms with van der Waals surface area (Å²) in [4.78, 5) is 22.3. The van der Waals surface area contributed by atoms with Gasteiger partial charge in [0.2, 0.25) is 17.8 Å². The van der Waals surface area contributed by atoms with Crippen LogP contribution in [0, 0.1) is 0 Å². The van der Waals surface area contributed by atoms with E-state index in [9.17, 15) is 31.1 Å². The number of carbonyl (C=O) groups excluding carboxylic acids is 1. The van der Waals surface area contributed by atoms with Crippen molar-refractivity contribution in [1.29, 1.82) is 0 Å². The molecule has 0 radical (unpaired) electrons. The van der Waals surface area contributed by atoms with Crippen molar-refractivity contribution in [3.8, 4) is 6.01 Å². The second-order valence-electron chi connectivity index (χ2n) is 5.27. The number of amides is 1. The van der Waals surface area contributed by atoms with E-state index in [2.05, 4.69) is 30.3 Å². The van der Waals surface area contributed by atoms with Crippen LogP contribution in [-0.4, -0.2) is 33.6 Å². The van der Waals surface area contributed by atoms with Gasteiger partial charge in [0, 0.05) is 12.1 Å². The second-order valence-corrected chi connectivity index (χ2v) is 5.27. The smallest absolute Gasteiger partial charge is 0.422 e. The lowest BCUT2D eigenvalue weighted by atomic mass is 10.2. The van der Waals surface area contributed by atoms with Crippen molar-refractivity contribution in [3.63, 3.8) is 0 Å². The number of nitrogens with zero attached hydrogens (tertiary/aromatic N) is 3. The van der Waals surface area contributed by atoms with Crippen LogP contribution < -0.4 is 15.4 Å². The molecule has 13 heteroatoms. The molecule has 0 spiro atoms. The van der Waals surface area contributed by atoms with Crippen molar-refractivity contribution in [2.45, 2.75) is 25.7 Å². The first-order valence-corrected chi connectivity index (χ1v) is 7.66. The summed E-state index contributed by atoms with van der Waals surface area (Å²) in [6, 6.07) is 3.20. The third-order valence-corrected chi connectivity index (χ3v) is 3.00. The molecule has 28 heavy (non-hydrogen) atoms. The van der Waals surface area contributed by atoms with Gasteiger partial charge in [0.25, 0.3) is 0 Å². The van der Waals surface area contributed by atoms with Crippen LogP contribution >= 0.6 is 0 Å². The summed E-state index contributed by atoms with van der Waals surface area (Å²) in [7, 11) is 0. The third-order valence-electron chi connectivity index (χ3n) is 3.00. The van der Waals surface area contributed by atoms with Crippen molar-refractivity contribution in [1.82, 2.24) is 15.0 Å². The normalized spacial score (nSPS) is 11.8. The monoisotopic (exact) mass is 409 g/mol. The molecule has 0 aliphatic rings. The molecule has 0 aliphatic heterocycles. The molecule has 1 heterocycles. The SMILES string of the molecule is CCC(=O)Nc1nc(Nc2cccc(C(F)(F)F)c2)nc(OCC(F)(F)F)n1. The Balaban J connectivity index is 2.31. The fraction of sp³-hybridized carbons (Fsp3) is 0.333. The Hall–Kier alpha value is -3.12. The molecule has 7 nitrogen and oxygen atoms in total. The van der Waals surface area contributed by atoms with Crippen molar-refractivity contribution in [2.24, 2.45) is 0 Å². The van der Waals surface area contributed by atoms with Gasteiger partial charge in [-0.25, -0.2) is 0 Å². The molecule has 2 N–H and O–H groups in total. The highest BCUT2D eigenvalue weighted by atomic mass is 19.4. The molecule has 0 aliphatic carbocycles. The second kappa shape index (κ2) is 8.27. The number of aromatic nitrogens is 3. The highest BCUT2D eigenvalue weighted by Gasteiger charge is 2.31. The Morgan fingerprint density at radius 1 is 1.07 bits per heavy atom. The number of halogens is 6. The maximum Gasteiger partial charge on any atom is 0.422 e. The number of hydrogen-bond acceptors (Lipinski definition) is 6. The van der Waals surface area contributed by atoms with E-state index in [4.69, 9.17) is 0 Å².